The third-order valence-corrected chi connectivity index (χ3v) is 6.99. The van der Waals surface area contributed by atoms with Crippen molar-refractivity contribution in [2.45, 2.75) is 38.4 Å². The quantitative estimate of drug-likeness (QED) is 0.434. The lowest BCUT2D eigenvalue weighted by molar-refractivity contribution is 0.136. The minimum absolute atomic E-state index is 0.461. The van der Waals surface area contributed by atoms with Gasteiger partial charge in [-0.05, 0) is 92.9 Å². The van der Waals surface area contributed by atoms with Gasteiger partial charge in [-0.1, -0.05) is 6.07 Å². The third kappa shape index (κ3) is 4.80. The van der Waals surface area contributed by atoms with Crippen LogP contribution in [0.5, 0.6) is 0 Å². The highest BCUT2D eigenvalue weighted by Crippen LogP contribution is 2.38. The molecule has 0 atom stereocenters. The van der Waals surface area contributed by atoms with Gasteiger partial charge in [0, 0.05) is 24.3 Å². The molecule has 9 heteroatoms. The molecule has 4 rings (SSSR count). The molecule has 2 aliphatic rings. The predicted molar refractivity (Wildman–Crippen MR) is 138 cm³/mol. The summed E-state index contributed by atoms with van der Waals surface area (Å²) in [6.07, 6.45) is 1.04. The molecule has 0 saturated carbocycles. The molecule has 35 heavy (non-hydrogen) atoms. The summed E-state index contributed by atoms with van der Waals surface area (Å²) >= 11 is 1.05. The normalized spacial score (nSPS) is 17.4. The molecule has 0 fully saturated rings. The fraction of sp³-hybridized carbons (Fsp3) is 0.346. The second-order valence-corrected chi connectivity index (χ2v) is 10.3. The molecule has 2 aromatic rings. The van der Waals surface area contributed by atoms with Crippen molar-refractivity contribution in [2.75, 3.05) is 25.1 Å². The van der Waals surface area contributed by atoms with Gasteiger partial charge in [-0.3, -0.25) is 9.79 Å². The maximum Gasteiger partial charge on any atom is 0.438 e. The fourth-order valence-electron chi connectivity index (χ4n) is 4.32. The molecule has 0 aliphatic carbocycles. The molecule has 180 valence electrons. The molecule has 2 aromatic carbocycles. The zero-order valence-electron chi connectivity index (χ0n) is 20.2. The van der Waals surface area contributed by atoms with Gasteiger partial charge in [0.1, 0.15) is 5.84 Å². The molecule has 0 N–H and O–H groups in total. The fourth-order valence-corrected chi connectivity index (χ4v) is 5.21. The number of aryl methyl sites for hydroxylation is 1. The van der Waals surface area contributed by atoms with Gasteiger partial charge in [-0.15, -0.1) is 5.01 Å². The number of benzene rings is 2. The van der Waals surface area contributed by atoms with Crippen LogP contribution in [-0.2, 0) is 11.2 Å². The van der Waals surface area contributed by atoms with Crippen molar-refractivity contribution >= 4 is 40.3 Å². The van der Waals surface area contributed by atoms with Crippen molar-refractivity contribution in [1.82, 2.24) is 5.01 Å². The van der Waals surface area contributed by atoms with Crippen molar-refractivity contribution in [3.8, 4) is 6.07 Å². The summed E-state index contributed by atoms with van der Waals surface area (Å²) in [6, 6.07) is 15.8. The Bertz CT molecular complexity index is 1260. The molecule has 2 amide bonds. The van der Waals surface area contributed by atoms with Crippen LogP contribution in [0.25, 0.3) is 0 Å². The molecular weight excluding hydrogens is 462 g/mol. The Kier molecular flexibility index (Phi) is 6.94. The van der Waals surface area contributed by atoms with E-state index in [2.05, 4.69) is 28.2 Å². The highest BCUT2D eigenvalue weighted by Gasteiger charge is 2.40. The summed E-state index contributed by atoms with van der Waals surface area (Å²) in [5.74, 6) is 0.874. The minimum atomic E-state index is -0.803. The minimum Gasteiger partial charge on any atom is -0.451 e. The summed E-state index contributed by atoms with van der Waals surface area (Å²) in [5, 5.41) is 13.9. The van der Waals surface area contributed by atoms with Gasteiger partial charge in [0.25, 0.3) is 0 Å². The number of hydrogen-bond acceptors (Lipinski definition) is 7. The van der Waals surface area contributed by atoms with Crippen molar-refractivity contribution < 1.29 is 14.3 Å². The van der Waals surface area contributed by atoms with E-state index < -0.39 is 16.1 Å². The molecule has 0 bridgehead atoms. The van der Waals surface area contributed by atoms with Gasteiger partial charge in [0.15, 0.2) is 0 Å². The molecule has 8 nitrogen and oxygen atoms in total. The van der Waals surface area contributed by atoms with Gasteiger partial charge < -0.3 is 9.64 Å². The maximum absolute atomic E-state index is 12.4. The lowest BCUT2D eigenvalue weighted by atomic mass is 9.93. The van der Waals surface area contributed by atoms with Crippen LogP contribution in [0, 0.1) is 11.3 Å². The average molecular weight is 490 g/mol. The molecule has 0 spiro atoms. The summed E-state index contributed by atoms with van der Waals surface area (Å²) in [7, 11) is 1.23. The molecule has 2 aliphatic heterocycles. The molecular formula is C26H27N5O3S. The number of rotatable bonds is 3. The third-order valence-electron chi connectivity index (χ3n) is 5.94. The zero-order chi connectivity index (χ0) is 25.2. The first kappa shape index (κ1) is 24.5. The Morgan fingerprint density at radius 1 is 1.26 bits per heavy atom. The number of thioether (sulfide) groups is 1. The molecule has 2 heterocycles. The largest absolute Gasteiger partial charge is 0.451 e. The number of amidine groups is 1. The van der Waals surface area contributed by atoms with E-state index in [1.165, 1.54) is 7.11 Å². The number of aliphatic imine (C=N–C) groups is 1. The molecule has 0 aromatic heterocycles. The second kappa shape index (κ2) is 9.92. The van der Waals surface area contributed by atoms with Crippen LogP contribution in [-0.4, -0.2) is 52.8 Å². The molecule has 0 saturated heterocycles. The van der Waals surface area contributed by atoms with Gasteiger partial charge in [0.2, 0.25) is 0 Å². The summed E-state index contributed by atoms with van der Waals surface area (Å²) < 4.78 is 4.12. The molecule has 0 radical (unpaired) electrons. The first-order chi connectivity index (χ1) is 16.8. The highest BCUT2D eigenvalue weighted by molar-refractivity contribution is 8.15. The number of nitriles is 1. The van der Waals surface area contributed by atoms with E-state index in [1.54, 1.807) is 0 Å². The van der Waals surface area contributed by atoms with Gasteiger partial charge in [0.05, 0.1) is 29.2 Å². The Morgan fingerprint density at radius 2 is 2.00 bits per heavy atom. The van der Waals surface area contributed by atoms with Crippen molar-refractivity contribution in [3.05, 3.63) is 64.7 Å². The van der Waals surface area contributed by atoms with Gasteiger partial charge >= 0.3 is 11.3 Å². The topological polar surface area (TPSA) is 98.4 Å². The Balaban J connectivity index is 1.74. The number of methoxy groups -OCH3 is 1. The van der Waals surface area contributed by atoms with Crippen LogP contribution in [0.2, 0.25) is 0 Å². The number of hydrogen-bond donors (Lipinski definition) is 0. The standard InChI is InChI=1S/C26H27N5O3S/c1-5-28-23(18-10-8-17(16-27)9-11-18)30-14-6-7-19-15-20(12-13-21(19)30)22-26(2,3)35-25(33)31(29-22)24(32)34-4/h8-13,15H,5-7,14H2,1-4H3/b28-23-. The van der Waals surface area contributed by atoms with Gasteiger partial charge in [-0.25, -0.2) is 4.79 Å². The Hall–Kier alpha value is -3.64. The van der Waals surface area contributed by atoms with E-state index in [1.807, 2.05) is 51.1 Å². The van der Waals surface area contributed by atoms with E-state index in [4.69, 9.17) is 15.0 Å². The number of hydrazone groups is 1. The van der Waals surface area contributed by atoms with E-state index >= 15 is 0 Å². The van der Waals surface area contributed by atoms with Crippen LogP contribution < -0.4 is 4.90 Å². The highest BCUT2D eigenvalue weighted by atomic mass is 32.2. The number of carbonyl (C=O) groups is 2. The Morgan fingerprint density at radius 3 is 2.66 bits per heavy atom. The first-order valence-electron chi connectivity index (χ1n) is 11.4. The summed E-state index contributed by atoms with van der Waals surface area (Å²) in [6.45, 7) is 7.32. The summed E-state index contributed by atoms with van der Waals surface area (Å²) in [5.41, 5.74) is 5.29. The number of fused-ring (bicyclic) bond motifs is 1. The Labute approximate surface area is 209 Å². The first-order valence-corrected chi connectivity index (χ1v) is 12.3. The number of imide groups is 1. The van der Waals surface area contributed by atoms with Crippen molar-refractivity contribution in [2.24, 2.45) is 10.1 Å². The monoisotopic (exact) mass is 489 g/mol. The van der Waals surface area contributed by atoms with Crippen LogP contribution in [0.15, 0.2) is 52.6 Å². The second-order valence-electron chi connectivity index (χ2n) is 8.69. The number of amides is 2. The maximum atomic E-state index is 12.4. The van der Waals surface area contributed by atoms with Crippen LogP contribution >= 0.6 is 11.8 Å². The van der Waals surface area contributed by atoms with E-state index in [-0.39, 0.29) is 0 Å². The lowest BCUT2D eigenvalue weighted by Gasteiger charge is -2.35. The summed E-state index contributed by atoms with van der Waals surface area (Å²) in [4.78, 5) is 31.5. The van der Waals surface area contributed by atoms with E-state index in [9.17, 15) is 9.59 Å². The zero-order valence-corrected chi connectivity index (χ0v) is 21.1. The molecule has 0 unspecified atom stereocenters. The lowest BCUT2D eigenvalue weighted by Crippen LogP contribution is -2.43. The number of anilines is 1. The number of carbonyl (C=O) groups excluding carboxylic acids is 2. The van der Waals surface area contributed by atoms with Crippen molar-refractivity contribution in [3.63, 3.8) is 0 Å². The van der Waals surface area contributed by atoms with E-state index in [0.717, 1.165) is 64.4 Å². The van der Waals surface area contributed by atoms with Crippen LogP contribution in [0.1, 0.15) is 49.4 Å². The van der Waals surface area contributed by atoms with Crippen LogP contribution in [0.4, 0.5) is 15.3 Å². The van der Waals surface area contributed by atoms with Crippen LogP contribution in [0.3, 0.4) is 0 Å². The smallest absolute Gasteiger partial charge is 0.438 e. The van der Waals surface area contributed by atoms with Gasteiger partial charge in [-0.2, -0.15) is 10.4 Å². The average Bonchev–Trinajstić information content (AvgIpc) is 2.86. The van der Waals surface area contributed by atoms with E-state index in [0.29, 0.717) is 17.8 Å². The van der Waals surface area contributed by atoms with Crippen molar-refractivity contribution in [1.29, 1.82) is 5.26 Å². The predicted octanol–water partition coefficient (Wildman–Crippen LogP) is 5.20. The number of nitrogens with zero attached hydrogens (tertiary/aromatic N) is 5. The SMILES string of the molecule is CC/N=C(/c1ccc(C#N)cc1)N1CCCc2cc(C3=NN(C(=O)OC)C(=O)SC3(C)C)ccc21. The number of ether oxygens (including phenoxy) is 1.